The molecule has 2 atom stereocenters. The molecule has 1 amide bonds. The molecule has 4 nitrogen and oxygen atoms in total. The molecule has 0 bridgehead atoms. The maximum absolute atomic E-state index is 14.0. The summed E-state index contributed by atoms with van der Waals surface area (Å²) in [6.07, 6.45) is 1.06. The molecular formula is C20H22ClFN2O2. The molecule has 0 radical (unpaired) electrons. The number of carbonyl (C=O) groups is 1. The highest BCUT2D eigenvalue weighted by Gasteiger charge is 2.40. The van der Waals surface area contributed by atoms with E-state index in [1.165, 1.54) is 13.2 Å². The predicted octanol–water partition coefficient (Wildman–Crippen LogP) is 3.36. The molecule has 2 saturated heterocycles. The fourth-order valence-electron chi connectivity index (χ4n) is 3.94. The largest absolute Gasteiger partial charge is 0.494 e. The smallest absolute Gasteiger partial charge is 0.254 e. The third-order valence-corrected chi connectivity index (χ3v) is 5.30. The molecule has 2 heterocycles. The number of benzene rings is 2. The highest BCUT2D eigenvalue weighted by atomic mass is 35.5. The number of methoxy groups -OCH3 is 1. The number of likely N-dealkylation sites (tertiary alicyclic amines) is 1. The summed E-state index contributed by atoms with van der Waals surface area (Å²) in [7, 11) is 1.44. The fourth-order valence-corrected chi connectivity index (χ4v) is 3.94. The van der Waals surface area contributed by atoms with Crippen LogP contribution in [0.2, 0.25) is 0 Å². The first-order valence-corrected chi connectivity index (χ1v) is 8.63. The molecule has 2 aromatic rings. The summed E-state index contributed by atoms with van der Waals surface area (Å²) in [5.74, 6) is 0.443. The molecule has 0 unspecified atom stereocenters. The molecule has 26 heavy (non-hydrogen) atoms. The quantitative estimate of drug-likeness (QED) is 0.893. The number of halogens is 2. The Kier molecular flexibility index (Phi) is 5.49. The van der Waals surface area contributed by atoms with Gasteiger partial charge in [0.2, 0.25) is 0 Å². The standard InChI is InChI=1S/C20H21FN2O2.ClH/c1-25-19-6-5-14(10-17(19)21)13-3-2-4-15(9-13)20(24)23-8-7-16-11-22-12-18(16)23;/h2-6,9-10,16,18,22H,7-8,11-12H2,1H3;1H/t16-,18+;/m0./s1. The van der Waals surface area contributed by atoms with Crippen LogP contribution in [0.25, 0.3) is 11.1 Å². The van der Waals surface area contributed by atoms with Crippen LogP contribution in [0, 0.1) is 11.7 Å². The summed E-state index contributed by atoms with van der Waals surface area (Å²) in [5, 5.41) is 3.37. The van der Waals surface area contributed by atoms with Crippen LogP contribution in [0.5, 0.6) is 5.75 Å². The zero-order valence-electron chi connectivity index (χ0n) is 14.6. The third kappa shape index (κ3) is 3.29. The maximum atomic E-state index is 14.0. The van der Waals surface area contributed by atoms with Gasteiger partial charge in [-0.1, -0.05) is 18.2 Å². The second-order valence-corrected chi connectivity index (χ2v) is 6.70. The molecule has 2 aliphatic heterocycles. The van der Waals surface area contributed by atoms with Crippen molar-refractivity contribution in [3.8, 4) is 16.9 Å². The van der Waals surface area contributed by atoms with Gasteiger partial charge in [-0.3, -0.25) is 4.79 Å². The van der Waals surface area contributed by atoms with Crippen molar-refractivity contribution in [3.05, 3.63) is 53.8 Å². The van der Waals surface area contributed by atoms with Gasteiger partial charge >= 0.3 is 0 Å². The number of amides is 1. The van der Waals surface area contributed by atoms with Gasteiger partial charge in [-0.15, -0.1) is 12.4 Å². The van der Waals surface area contributed by atoms with E-state index in [1.807, 2.05) is 29.2 Å². The third-order valence-electron chi connectivity index (χ3n) is 5.30. The summed E-state index contributed by atoms with van der Waals surface area (Å²) in [6, 6.07) is 12.6. The number of nitrogens with zero attached hydrogens (tertiary/aromatic N) is 1. The average Bonchev–Trinajstić information content (AvgIpc) is 3.25. The van der Waals surface area contributed by atoms with E-state index in [4.69, 9.17) is 4.74 Å². The van der Waals surface area contributed by atoms with Gasteiger partial charge in [0.1, 0.15) is 0 Å². The maximum Gasteiger partial charge on any atom is 0.254 e. The van der Waals surface area contributed by atoms with Crippen LogP contribution < -0.4 is 10.1 Å². The first kappa shape index (κ1) is 18.7. The molecule has 6 heteroatoms. The second-order valence-electron chi connectivity index (χ2n) is 6.70. The lowest BCUT2D eigenvalue weighted by atomic mass is 10.0. The number of ether oxygens (including phenoxy) is 1. The van der Waals surface area contributed by atoms with Crippen molar-refractivity contribution in [1.82, 2.24) is 10.2 Å². The van der Waals surface area contributed by atoms with E-state index in [0.29, 0.717) is 17.5 Å². The molecule has 0 saturated carbocycles. The van der Waals surface area contributed by atoms with Crippen LogP contribution in [-0.2, 0) is 0 Å². The van der Waals surface area contributed by atoms with Crippen molar-refractivity contribution in [2.45, 2.75) is 12.5 Å². The van der Waals surface area contributed by atoms with E-state index in [-0.39, 0.29) is 24.1 Å². The fraction of sp³-hybridized carbons (Fsp3) is 0.350. The summed E-state index contributed by atoms with van der Waals surface area (Å²) in [4.78, 5) is 14.9. The van der Waals surface area contributed by atoms with Crippen molar-refractivity contribution in [2.24, 2.45) is 5.92 Å². The first-order valence-electron chi connectivity index (χ1n) is 8.63. The van der Waals surface area contributed by atoms with Crippen molar-refractivity contribution in [1.29, 1.82) is 0 Å². The zero-order valence-corrected chi connectivity index (χ0v) is 15.4. The van der Waals surface area contributed by atoms with Gasteiger partial charge < -0.3 is 15.0 Å². The number of fused-ring (bicyclic) bond motifs is 1. The molecule has 2 fully saturated rings. The van der Waals surface area contributed by atoms with Crippen molar-refractivity contribution < 1.29 is 13.9 Å². The molecule has 0 aliphatic carbocycles. The summed E-state index contributed by atoms with van der Waals surface area (Å²) in [6.45, 7) is 2.69. The van der Waals surface area contributed by atoms with Crippen LogP contribution in [0.4, 0.5) is 4.39 Å². The van der Waals surface area contributed by atoms with E-state index in [2.05, 4.69) is 5.32 Å². The Bertz CT molecular complexity index is 814. The Balaban J connectivity index is 0.00000196. The molecule has 4 rings (SSSR count). The Labute approximate surface area is 158 Å². The Morgan fingerprint density at radius 2 is 2.00 bits per heavy atom. The highest BCUT2D eigenvalue weighted by molar-refractivity contribution is 5.96. The van der Waals surface area contributed by atoms with Gasteiger partial charge in [0.25, 0.3) is 5.91 Å². The van der Waals surface area contributed by atoms with E-state index >= 15 is 0 Å². The van der Waals surface area contributed by atoms with Crippen molar-refractivity contribution in [3.63, 3.8) is 0 Å². The Hall–Kier alpha value is -2.11. The van der Waals surface area contributed by atoms with Crippen LogP contribution in [0.15, 0.2) is 42.5 Å². The molecule has 138 valence electrons. The summed E-state index contributed by atoms with van der Waals surface area (Å²) < 4.78 is 18.9. The van der Waals surface area contributed by atoms with E-state index in [1.54, 1.807) is 12.1 Å². The van der Waals surface area contributed by atoms with Gasteiger partial charge in [-0.05, 0) is 47.7 Å². The van der Waals surface area contributed by atoms with E-state index < -0.39 is 5.82 Å². The van der Waals surface area contributed by atoms with Crippen molar-refractivity contribution in [2.75, 3.05) is 26.7 Å². The SMILES string of the molecule is COc1ccc(-c2cccc(C(=O)N3CC[C@H]4CNC[C@H]43)c2)cc1F.Cl. The van der Waals surface area contributed by atoms with Gasteiger partial charge in [0.15, 0.2) is 11.6 Å². The number of nitrogens with one attached hydrogen (secondary N) is 1. The first-order chi connectivity index (χ1) is 12.2. The number of carbonyl (C=O) groups excluding carboxylic acids is 1. The van der Waals surface area contributed by atoms with Gasteiger partial charge in [-0.2, -0.15) is 0 Å². The minimum Gasteiger partial charge on any atom is -0.494 e. The summed E-state index contributed by atoms with van der Waals surface area (Å²) >= 11 is 0. The highest BCUT2D eigenvalue weighted by Crippen LogP contribution is 2.30. The Morgan fingerprint density at radius 3 is 2.77 bits per heavy atom. The minimum atomic E-state index is -0.406. The van der Waals surface area contributed by atoms with Crippen LogP contribution in [0.3, 0.4) is 0 Å². The van der Waals surface area contributed by atoms with Crippen molar-refractivity contribution >= 4 is 18.3 Å². The van der Waals surface area contributed by atoms with Gasteiger partial charge in [-0.25, -0.2) is 4.39 Å². The van der Waals surface area contributed by atoms with Gasteiger partial charge in [0.05, 0.1) is 7.11 Å². The minimum absolute atomic E-state index is 0. The van der Waals surface area contributed by atoms with Gasteiger partial charge in [0, 0.05) is 31.2 Å². The van der Waals surface area contributed by atoms with E-state index in [0.717, 1.165) is 37.2 Å². The Morgan fingerprint density at radius 1 is 1.19 bits per heavy atom. The lowest BCUT2D eigenvalue weighted by Crippen LogP contribution is -2.39. The monoisotopic (exact) mass is 376 g/mol. The predicted molar refractivity (Wildman–Crippen MR) is 101 cm³/mol. The summed E-state index contributed by atoms with van der Waals surface area (Å²) in [5.41, 5.74) is 2.21. The number of hydrogen-bond acceptors (Lipinski definition) is 3. The molecule has 2 aliphatic rings. The topological polar surface area (TPSA) is 41.6 Å². The normalized spacial score (nSPS) is 21.2. The zero-order chi connectivity index (χ0) is 17.4. The molecular weight excluding hydrogens is 355 g/mol. The molecule has 0 spiro atoms. The van der Waals surface area contributed by atoms with E-state index in [9.17, 15) is 9.18 Å². The molecule has 0 aromatic heterocycles. The van der Waals surface area contributed by atoms with Crippen LogP contribution in [0.1, 0.15) is 16.8 Å². The molecule has 1 N–H and O–H groups in total. The second kappa shape index (κ2) is 7.64. The lowest BCUT2D eigenvalue weighted by molar-refractivity contribution is 0.0737. The van der Waals surface area contributed by atoms with Crippen LogP contribution in [-0.4, -0.2) is 43.6 Å². The average molecular weight is 377 g/mol. The van der Waals surface area contributed by atoms with Crippen LogP contribution >= 0.6 is 12.4 Å². The molecule has 2 aromatic carbocycles. The number of hydrogen-bond donors (Lipinski definition) is 1. The number of rotatable bonds is 3. The lowest BCUT2D eigenvalue weighted by Gasteiger charge is -2.23.